The molecule has 0 spiro atoms. The fourth-order valence-electron chi connectivity index (χ4n) is 3.99. The lowest BCUT2D eigenvalue weighted by atomic mass is 9.91. The first-order valence-corrected chi connectivity index (χ1v) is 11.7. The second kappa shape index (κ2) is 12.2. The number of nitrogens with zero attached hydrogens (tertiary/aromatic N) is 3. The fourth-order valence-corrected chi connectivity index (χ4v) is 3.99. The molecule has 1 aliphatic carbocycles. The molecule has 1 saturated carbocycles. The molecule has 1 amide bonds. The highest BCUT2D eigenvalue weighted by atomic mass is 19.4. The van der Waals surface area contributed by atoms with Crippen molar-refractivity contribution in [1.82, 2.24) is 15.3 Å². The van der Waals surface area contributed by atoms with Crippen LogP contribution in [0.1, 0.15) is 36.0 Å². The minimum atomic E-state index is -5.08. The maximum Gasteiger partial charge on any atom is 0.490 e. The number of nitrogens with one attached hydrogen (secondary N) is 2. The Morgan fingerprint density at radius 1 is 0.923 bits per heavy atom. The third-order valence-electron chi connectivity index (χ3n) is 5.90. The quantitative estimate of drug-likeness (QED) is 0.303. The summed E-state index contributed by atoms with van der Waals surface area (Å²) < 4.78 is 72.1. The van der Waals surface area contributed by atoms with Crippen LogP contribution in [0.15, 0.2) is 36.4 Å². The normalized spacial score (nSPS) is 17.1. The monoisotopic (exact) mass is 557 g/mol. The average Bonchev–Trinajstić information content (AvgIpc) is 2.86. The lowest BCUT2D eigenvalue weighted by Gasteiger charge is -2.30. The summed E-state index contributed by atoms with van der Waals surface area (Å²) in [5.41, 5.74) is 0.355. The first-order valence-electron chi connectivity index (χ1n) is 11.7. The zero-order chi connectivity index (χ0) is 28.9. The summed E-state index contributed by atoms with van der Waals surface area (Å²) in [6, 6.07) is 8.73. The summed E-state index contributed by atoms with van der Waals surface area (Å²) >= 11 is 0. The number of para-hydroxylation sites is 1. The summed E-state index contributed by atoms with van der Waals surface area (Å²) in [5, 5.41) is 14.2. The molecule has 0 atom stereocenters. The Hall–Kier alpha value is -4.10. The molecule has 1 heterocycles. The molecule has 39 heavy (non-hydrogen) atoms. The van der Waals surface area contributed by atoms with Crippen LogP contribution in [0, 0.1) is 17.5 Å². The molecule has 0 bridgehead atoms. The van der Waals surface area contributed by atoms with Gasteiger partial charge in [-0.05, 0) is 43.9 Å². The van der Waals surface area contributed by atoms with E-state index in [-0.39, 0.29) is 12.1 Å². The molecule has 0 aliphatic heterocycles. The van der Waals surface area contributed by atoms with Crippen molar-refractivity contribution in [3.8, 4) is 0 Å². The average molecular weight is 557 g/mol. The maximum atomic E-state index is 13.8. The van der Waals surface area contributed by atoms with E-state index in [2.05, 4.69) is 20.6 Å². The third-order valence-corrected chi connectivity index (χ3v) is 5.90. The molecule has 3 N–H and O–H groups in total. The van der Waals surface area contributed by atoms with Gasteiger partial charge in [-0.2, -0.15) is 18.2 Å². The van der Waals surface area contributed by atoms with E-state index in [4.69, 9.17) is 9.90 Å². The molecule has 1 fully saturated rings. The van der Waals surface area contributed by atoms with Crippen LogP contribution in [-0.4, -0.2) is 59.3 Å². The van der Waals surface area contributed by atoms with Gasteiger partial charge < -0.3 is 20.6 Å². The Kier molecular flexibility index (Phi) is 9.20. The first-order chi connectivity index (χ1) is 18.3. The number of aliphatic carboxylic acids is 1. The number of alkyl halides is 3. The molecule has 4 rings (SSSR count). The topological polar surface area (TPSA) is 107 Å². The molecule has 14 heteroatoms. The summed E-state index contributed by atoms with van der Waals surface area (Å²) in [4.78, 5) is 32.4. The molecule has 1 aromatic heterocycles. The fraction of sp³-hybridized carbons (Fsp3) is 0.360. The zero-order valence-electron chi connectivity index (χ0n) is 20.8. The molecular weight excluding hydrogens is 532 g/mol. The summed E-state index contributed by atoms with van der Waals surface area (Å²) in [7, 11) is 3.87. The van der Waals surface area contributed by atoms with Gasteiger partial charge in [-0.1, -0.05) is 12.1 Å². The van der Waals surface area contributed by atoms with E-state index in [0.29, 0.717) is 30.9 Å². The Bertz CT molecular complexity index is 1340. The lowest BCUT2D eigenvalue weighted by molar-refractivity contribution is -0.192. The van der Waals surface area contributed by atoms with Gasteiger partial charge in [-0.3, -0.25) is 4.79 Å². The van der Waals surface area contributed by atoms with Crippen LogP contribution >= 0.6 is 0 Å². The van der Waals surface area contributed by atoms with Gasteiger partial charge in [-0.25, -0.2) is 22.9 Å². The second-order valence-electron chi connectivity index (χ2n) is 9.00. The standard InChI is InChI=1S/C23H24F3N5O.C2HF3O2/c1-31(2)21-15-5-3-4-6-20(15)29-23(30-21)28-14-9-7-13(8-10-14)27-22(32)16-11-18(25)19(26)12-17(16)24;3-2(4,5)1(6)7/h3-6,11-14H,7-10H2,1-2H3,(H,27,32)(H,28,29,30);(H,6,7). The van der Waals surface area contributed by atoms with Crippen molar-refractivity contribution >= 4 is 34.5 Å². The third kappa shape index (κ3) is 7.71. The SMILES string of the molecule is CN(C)c1nc(NC2CCC(NC(=O)c3cc(F)c(F)cc3F)CC2)nc2ccccc12.O=C(O)C(F)(F)F. The van der Waals surface area contributed by atoms with Gasteiger partial charge in [0.2, 0.25) is 5.95 Å². The van der Waals surface area contributed by atoms with Crippen molar-refractivity contribution in [3.63, 3.8) is 0 Å². The van der Waals surface area contributed by atoms with Gasteiger partial charge in [0, 0.05) is 37.6 Å². The molecule has 0 radical (unpaired) electrons. The Morgan fingerprint density at radius 3 is 2.08 bits per heavy atom. The summed E-state index contributed by atoms with van der Waals surface area (Å²) in [6.45, 7) is 0. The van der Waals surface area contributed by atoms with Crippen molar-refractivity contribution < 1.29 is 41.0 Å². The number of anilines is 2. The van der Waals surface area contributed by atoms with Crippen molar-refractivity contribution in [2.24, 2.45) is 0 Å². The molecule has 3 aromatic rings. The van der Waals surface area contributed by atoms with Crippen LogP contribution in [0.4, 0.5) is 38.1 Å². The Balaban J connectivity index is 0.000000532. The highest BCUT2D eigenvalue weighted by Gasteiger charge is 2.38. The molecular formula is C25H25F6N5O3. The van der Waals surface area contributed by atoms with Crippen LogP contribution in [0.2, 0.25) is 0 Å². The van der Waals surface area contributed by atoms with Crippen LogP contribution in [0.3, 0.4) is 0 Å². The van der Waals surface area contributed by atoms with Gasteiger partial charge >= 0.3 is 12.1 Å². The van der Waals surface area contributed by atoms with Crippen molar-refractivity contribution in [3.05, 3.63) is 59.4 Å². The largest absolute Gasteiger partial charge is 0.490 e. The molecule has 0 unspecified atom stereocenters. The van der Waals surface area contributed by atoms with E-state index in [9.17, 15) is 31.1 Å². The number of aromatic nitrogens is 2. The molecule has 1 aliphatic rings. The van der Waals surface area contributed by atoms with Crippen LogP contribution < -0.4 is 15.5 Å². The lowest BCUT2D eigenvalue weighted by Crippen LogP contribution is -2.40. The van der Waals surface area contributed by atoms with Crippen LogP contribution in [0.25, 0.3) is 10.9 Å². The number of hydrogen-bond donors (Lipinski definition) is 3. The number of carbonyl (C=O) groups is 2. The van der Waals surface area contributed by atoms with E-state index >= 15 is 0 Å². The summed E-state index contributed by atoms with van der Waals surface area (Å²) in [6.07, 6.45) is -2.27. The number of rotatable bonds is 5. The number of halogens is 6. The second-order valence-corrected chi connectivity index (χ2v) is 9.00. The van der Waals surface area contributed by atoms with Crippen molar-refractivity contribution in [2.75, 3.05) is 24.3 Å². The van der Waals surface area contributed by atoms with E-state index in [1.54, 1.807) is 0 Å². The van der Waals surface area contributed by atoms with E-state index < -0.39 is 41.1 Å². The molecule has 2 aromatic carbocycles. The Labute approximate surface area is 219 Å². The molecule has 8 nitrogen and oxygen atoms in total. The maximum absolute atomic E-state index is 13.8. The molecule has 0 saturated heterocycles. The van der Waals surface area contributed by atoms with Gasteiger partial charge in [0.25, 0.3) is 5.91 Å². The van der Waals surface area contributed by atoms with Gasteiger partial charge in [0.05, 0.1) is 11.1 Å². The van der Waals surface area contributed by atoms with Crippen molar-refractivity contribution in [1.29, 1.82) is 0 Å². The van der Waals surface area contributed by atoms with Gasteiger partial charge in [0.1, 0.15) is 11.6 Å². The smallest absolute Gasteiger partial charge is 0.475 e. The number of fused-ring (bicyclic) bond motifs is 1. The van der Waals surface area contributed by atoms with Gasteiger partial charge in [0.15, 0.2) is 11.6 Å². The predicted octanol–water partition coefficient (Wildman–Crippen LogP) is 4.90. The minimum absolute atomic E-state index is 0.124. The minimum Gasteiger partial charge on any atom is -0.475 e. The highest BCUT2D eigenvalue weighted by Crippen LogP contribution is 2.26. The Morgan fingerprint density at radius 2 is 1.49 bits per heavy atom. The number of carbonyl (C=O) groups excluding carboxylic acids is 1. The van der Waals surface area contributed by atoms with Crippen molar-refractivity contribution in [2.45, 2.75) is 43.9 Å². The number of carboxylic acids is 1. The number of amides is 1. The highest BCUT2D eigenvalue weighted by molar-refractivity contribution is 5.94. The zero-order valence-corrected chi connectivity index (χ0v) is 20.8. The summed E-state index contributed by atoms with van der Waals surface area (Å²) in [5.74, 6) is -5.78. The molecule has 210 valence electrons. The van der Waals surface area contributed by atoms with Crippen LogP contribution in [0.5, 0.6) is 0 Å². The van der Waals surface area contributed by atoms with E-state index in [0.717, 1.165) is 29.6 Å². The van der Waals surface area contributed by atoms with E-state index in [1.807, 2.05) is 43.3 Å². The number of benzene rings is 2. The van der Waals surface area contributed by atoms with E-state index in [1.165, 1.54) is 0 Å². The predicted molar refractivity (Wildman–Crippen MR) is 131 cm³/mol. The van der Waals surface area contributed by atoms with Crippen LogP contribution in [-0.2, 0) is 4.79 Å². The van der Waals surface area contributed by atoms with Gasteiger partial charge in [-0.15, -0.1) is 0 Å². The number of carboxylic acid groups (broad SMARTS) is 1. The number of hydrogen-bond acceptors (Lipinski definition) is 6. The first kappa shape index (κ1) is 29.5.